The molecule has 122 valence electrons. The molecule has 0 fully saturated rings. The summed E-state index contributed by atoms with van der Waals surface area (Å²) in [7, 11) is -3.44. The highest BCUT2D eigenvalue weighted by molar-refractivity contribution is 7.90. The average Bonchev–Trinajstić information content (AvgIpc) is 2.36. The Kier molecular flexibility index (Phi) is 6.11. The van der Waals surface area contributed by atoms with Gasteiger partial charge in [0.15, 0.2) is 9.84 Å². The van der Waals surface area contributed by atoms with Crippen LogP contribution in [0.15, 0.2) is 29.2 Å². The fourth-order valence-electron chi connectivity index (χ4n) is 2.12. The van der Waals surface area contributed by atoms with E-state index < -0.39 is 27.8 Å². The quantitative estimate of drug-likeness (QED) is 0.785. The molecule has 0 saturated heterocycles. The van der Waals surface area contributed by atoms with Gasteiger partial charge in [-0.3, -0.25) is 4.79 Å². The van der Waals surface area contributed by atoms with Crippen molar-refractivity contribution in [3.63, 3.8) is 0 Å². The highest BCUT2D eigenvalue weighted by Crippen LogP contribution is 2.16. The van der Waals surface area contributed by atoms with Gasteiger partial charge in [0, 0.05) is 6.26 Å². The lowest BCUT2D eigenvalue weighted by Crippen LogP contribution is -2.42. The molecule has 0 heterocycles. The van der Waals surface area contributed by atoms with Gasteiger partial charge >= 0.3 is 5.97 Å². The second-order valence-corrected chi connectivity index (χ2v) is 7.63. The number of carboxylic acids is 1. The Morgan fingerprint density at radius 3 is 2.32 bits per heavy atom. The second kappa shape index (κ2) is 7.40. The van der Waals surface area contributed by atoms with Crippen molar-refractivity contribution in [3.8, 4) is 0 Å². The molecule has 0 spiro atoms. The molecule has 1 aromatic rings. The van der Waals surface area contributed by atoms with E-state index in [0.717, 1.165) is 6.26 Å². The summed E-state index contributed by atoms with van der Waals surface area (Å²) in [5, 5.41) is 11.6. The van der Waals surface area contributed by atoms with Crippen molar-refractivity contribution in [2.75, 3.05) is 6.26 Å². The molecule has 1 atom stereocenters. The summed E-state index contributed by atoms with van der Waals surface area (Å²) in [5.41, 5.74) is 0.358. The number of benzene rings is 1. The van der Waals surface area contributed by atoms with E-state index in [0.29, 0.717) is 12.0 Å². The minimum absolute atomic E-state index is 0.0842. The first-order valence-electron chi connectivity index (χ1n) is 6.91. The highest BCUT2D eigenvalue weighted by Gasteiger charge is 2.22. The predicted molar refractivity (Wildman–Crippen MR) is 82.3 cm³/mol. The van der Waals surface area contributed by atoms with Gasteiger partial charge in [-0.1, -0.05) is 32.0 Å². The number of carbonyl (C=O) groups is 2. The van der Waals surface area contributed by atoms with Crippen molar-refractivity contribution in [3.05, 3.63) is 29.8 Å². The number of amides is 1. The number of rotatable bonds is 7. The van der Waals surface area contributed by atoms with Gasteiger partial charge in [0.25, 0.3) is 0 Å². The molecular weight excluding hydrogens is 306 g/mol. The first kappa shape index (κ1) is 18.2. The molecule has 0 saturated carbocycles. The largest absolute Gasteiger partial charge is 0.480 e. The Hall–Kier alpha value is -1.89. The number of carboxylic acid groups (broad SMARTS) is 1. The van der Waals surface area contributed by atoms with Crippen LogP contribution in [0.2, 0.25) is 0 Å². The van der Waals surface area contributed by atoms with E-state index >= 15 is 0 Å². The van der Waals surface area contributed by atoms with Crippen LogP contribution in [0.3, 0.4) is 0 Å². The van der Waals surface area contributed by atoms with Crippen molar-refractivity contribution in [2.24, 2.45) is 5.92 Å². The van der Waals surface area contributed by atoms with Crippen molar-refractivity contribution in [1.82, 2.24) is 5.32 Å². The number of aliphatic carboxylic acids is 1. The Morgan fingerprint density at radius 1 is 1.23 bits per heavy atom. The SMILES string of the molecule is CC(C)CC(NC(=O)Cc1ccccc1S(C)(=O)=O)C(=O)O. The molecule has 1 unspecified atom stereocenters. The molecule has 0 aromatic heterocycles. The average molecular weight is 327 g/mol. The third-order valence-electron chi connectivity index (χ3n) is 3.06. The first-order chi connectivity index (χ1) is 10.1. The molecule has 22 heavy (non-hydrogen) atoms. The molecule has 0 aliphatic heterocycles. The molecular formula is C15H21NO5S. The van der Waals surface area contributed by atoms with Crippen molar-refractivity contribution >= 4 is 21.7 Å². The number of hydrogen-bond acceptors (Lipinski definition) is 4. The maximum absolute atomic E-state index is 12.0. The van der Waals surface area contributed by atoms with Crippen molar-refractivity contribution in [1.29, 1.82) is 0 Å². The van der Waals surface area contributed by atoms with Crippen LogP contribution in [-0.2, 0) is 25.8 Å². The summed E-state index contributed by atoms with van der Waals surface area (Å²) in [4.78, 5) is 23.2. The topological polar surface area (TPSA) is 101 Å². The summed E-state index contributed by atoms with van der Waals surface area (Å²) >= 11 is 0. The van der Waals surface area contributed by atoms with Crippen LogP contribution in [0, 0.1) is 5.92 Å². The zero-order valence-corrected chi connectivity index (χ0v) is 13.7. The van der Waals surface area contributed by atoms with E-state index in [1.165, 1.54) is 6.07 Å². The second-order valence-electron chi connectivity index (χ2n) is 5.64. The molecule has 1 aromatic carbocycles. The van der Waals surface area contributed by atoms with E-state index in [-0.39, 0.29) is 17.2 Å². The van der Waals surface area contributed by atoms with Gasteiger partial charge < -0.3 is 10.4 Å². The van der Waals surface area contributed by atoms with E-state index in [1.54, 1.807) is 18.2 Å². The fraction of sp³-hybridized carbons (Fsp3) is 0.467. The van der Waals surface area contributed by atoms with Crippen LogP contribution in [0.5, 0.6) is 0 Å². The minimum Gasteiger partial charge on any atom is -0.480 e. The highest BCUT2D eigenvalue weighted by atomic mass is 32.2. The third kappa shape index (κ3) is 5.48. The molecule has 1 rings (SSSR count). The van der Waals surface area contributed by atoms with E-state index in [1.807, 2.05) is 13.8 Å². The Balaban J connectivity index is 2.87. The van der Waals surface area contributed by atoms with Crippen LogP contribution in [0.25, 0.3) is 0 Å². The van der Waals surface area contributed by atoms with Gasteiger partial charge in [0.2, 0.25) is 5.91 Å². The lowest BCUT2D eigenvalue weighted by molar-refractivity contribution is -0.142. The smallest absolute Gasteiger partial charge is 0.326 e. The molecule has 0 aliphatic carbocycles. The lowest BCUT2D eigenvalue weighted by Gasteiger charge is -2.17. The molecule has 0 radical (unpaired) electrons. The first-order valence-corrected chi connectivity index (χ1v) is 8.80. The van der Waals surface area contributed by atoms with Gasteiger partial charge in [0.05, 0.1) is 11.3 Å². The van der Waals surface area contributed by atoms with Crippen LogP contribution >= 0.6 is 0 Å². The number of sulfone groups is 1. The fourth-order valence-corrected chi connectivity index (χ4v) is 3.07. The van der Waals surface area contributed by atoms with Crippen molar-refractivity contribution in [2.45, 2.75) is 37.6 Å². The van der Waals surface area contributed by atoms with E-state index in [2.05, 4.69) is 5.32 Å². The van der Waals surface area contributed by atoms with Crippen LogP contribution in [0.1, 0.15) is 25.8 Å². The van der Waals surface area contributed by atoms with E-state index in [4.69, 9.17) is 5.11 Å². The van der Waals surface area contributed by atoms with Gasteiger partial charge in [-0.2, -0.15) is 0 Å². The normalized spacial score (nSPS) is 12.9. The minimum atomic E-state index is -3.44. The third-order valence-corrected chi connectivity index (χ3v) is 4.26. The number of carbonyl (C=O) groups excluding carboxylic acids is 1. The molecule has 2 N–H and O–H groups in total. The molecule has 1 amide bonds. The molecule has 7 heteroatoms. The molecule has 6 nitrogen and oxygen atoms in total. The Labute approximate surface area is 130 Å². The standard InChI is InChI=1S/C15H21NO5S/c1-10(2)8-12(15(18)19)16-14(17)9-11-6-4-5-7-13(11)22(3,20)21/h4-7,10,12H,8-9H2,1-3H3,(H,16,17)(H,18,19). The van der Waals surface area contributed by atoms with Gasteiger partial charge in [-0.25, -0.2) is 13.2 Å². The van der Waals surface area contributed by atoms with Gasteiger partial charge in [-0.15, -0.1) is 0 Å². The zero-order valence-electron chi connectivity index (χ0n) is 12.9. The van der Waals surface area contributed by atoms with Gasteiger partial charge in [-0.05, 0) is 24.0 Å². The van der Waals surface area contributed by atoms with Gasteiger partial charge in [0.1, 0.15) is 6.04 Å². The Morgan fingerprint density at radius 2 is 1.82 bits per heavy atom. The zero-order chi connectivity index (χ0) is 16.9. The van der Waals surface area contributed by atoms with Crippen LogP contribution in [-0.4, -0.2) is 37.7 Å². The summed E-state index contributed by atoms with van der Waals surface area (Å²) in [6.45, 7) is 3.72. The van der Waals surface area contributed by atoms with Crippen LogP contribution in [0.4, 0.5) is 0 Å². The summed E-state index contributed by atoms with van der Waals surface area (Å²) in [6.07, 6.45) is 1.21. The summed E-state index contributed by atoms with van der Waals surface area (Å²) in [6, 6.07) is 5.23. The number of hydrogen-bond donors (Lipinski definition) is 2. The molecule has 0 bridgehead atoms. The lowest BCUT2D eigenvalue weighted by atomic mass is 10.0. The summed E-state index contributed by atoms with van der Waals surface area (Å²) < 4.78 is 23.4. The maximum atomic E-state index is 12.0. The predicted octanol–water partition coefficient (Wildman–Crippen LogP) is 1.25. The van der Waals surface area contributed by atoms with Crippen LogP contribution < -0.4 is 5.32 Å². The summed E-state index contributed by atoms with van der Waals surface area (Å²) in [5.74, 6) is -1.49. The number of nitrogens with one attached hydrogen (secondary N) is 1. The Bertz CT molecular complexity index is 652. The maximum Gasteiger partial charge on any atom is 0.326 e. The van der Waals surface area contributed by atoms with Crippen molar-refractivity contribution < 1.29 is 23.1 Å². The molecule has 0 aliphatic rings. The van der Waals surface area contributed by atoms with E-state index in [9.17, 15) is 18.0 Å². The monoisotopic (exact) mass is 327 g/mol.